The lowest BCUT2D eigenvalue weighted by Gasteiger charge is -2.06. The standard InChI is InChI=1S/C12H6Cl3NO/c13-8-1-2-9(10(14)4-8)12-11(15)3-7(6-17)5-16-12/h1-6H. The summed E-state index contributed by atoms with van der Waals surface area (Å²) in [6.07, 6.45) is 2.13. The molecule has 2 aromatic rings. The Bertz CT molecular complexity index is 584. The molecule has 1 heterocycles. The number of benzene rings is 1. The third kappa shape index (κ3) is 2.60. The van der Waals surface area contributed by atoms with Crippen molar-refractivity contribution >= 4 is 41.1 Å². The van der Waals surface area contributed by atoms with Crippen LogP contribution in [-0.2, 0) is 0 Å². The number of halogens is 3. The zero-order valence-corrected chi connectivity index (χ0v) is 10.7. The molecular formula is C12H6Cl3NO. The summed E-state index contributed by atoms with van der Waals surface area (Å²) in [6.45, 7) is 0. The van der Waals surface area contributed by atoms with Gasteiger partial charge in [-0.2, -0.15) is 0 Å². The van der Waals surface area contributed by atoms with E-state index in [2.05, 4.69) is 4.98 Å². The maximum absolute atomic E-state index is 10.6. The first-order chi connectivity index (χ1) is 8.11. The van der Waals surface area contributed by atoms with Gasteiger partial charge in [0.1, 0.15) is 0 Å². The number of nitrogens with zero attached hydrogens (tertiary/aromatic N) is 1. The number of carbonyl (C=O) groups is 1. The van der Waals surface area contributed by atoms with Gasteiger partial charge in [0, 0.05) is 22.3 Å². The SMILES string of the molecule is O=Cc1cnc(-c2ccc(Cl)cc2Cl)c(Cl)c1. The summed E-state index contributed by atoms with van der Waals surface area (Å²) in [7, 11) is 0. The summed E-state index contributed by atoms with van der Waals surface area (Å²) in [5, 5.41) is 1.38. The average Bonchev–Trinajstić information content (AvgIpc) is 2.30. The van der Waals surface area contributed by atoms with Gasteiger partial charge in [-0.25, -0.2) is 0 Å². The lowest BCUT2D eigenvalue weighted by Crippen LogP contribution is -1.89. The van der Waals surface area contributed by atoms with Crippen molar-refractivity contribution < 1.29 is 4.79 Å². The minimum absolute atomic E-state index is 0.374. The van der Waals surface area contributed by atoms with Crippen LogP contribution in [0.1, 0.15) is 10.4 Å². The van der Waals surface area contributed by atoms with Crippen molar-refractivity contribution in [3.05, 3.63) is 51.1 Å². The number of aldehydes is 1. The van der Waals surface area contributed by atoms with Gasteiger partial charge in [-0.05, 0) is 24.3 Å². The zero-order valence-electron chi connectivity index (χ0n) is 8.45. The Labute approximate surface area is 113 Å². The van der Waals surface area contributed by atoms with Gasteiger partial charge < -0.3 is 0 Å². The van der Waals surface area contributed by atoms with Crippen molar-refractivity contribution in [2.24, 2.45) is 0 Å². The van der Waals surface area contributed by atoms with E-state index >= 15 is 0 Å². The fourth-order valence-corrected chi connectivity index (χ4v) is 2.17. The highest BCUT2D eigenvalue weighted by Crippen LogP contribution is 2.33. The highest BCUT2D eigenvalue weighted by molar-refractivity contribution is 6.38. The van der Waals surface area contributed by atoms with Gasteiger partial charge in [-0.1, -0.05) is 34.8 Å². The molecule has 0 N–H and O–H groups in total. The van der Waals surface area contributed by atoms with Crippen LogP contribution in [-0.4, -0.2) is 11.3 Å². The molecule has 0 spiro atoms. The zero-order chi connectivity index (χ0) is 12.4. The van der Waals surface area contributed by atoms with Gasteiger partial charge in [0.2, 0.25) is 0 Å². The maximum atomic E-state index is 10.6. The lowest BCUT2D eigenvalue weighted by atomic mass is 10.1. The maximum Gasteiger partial charge on any atom is 0.151 e. The molecule has 5 heteroatoms. The monoisotopic (exact) mass is 285 g/mol. The Morgan fingerprint density at radius 3 is 2.41 bits per heavy atom. The highest BCUT2D eigenvalue weighted by Gasteiger charge is 2.10. The van der Waals surface area contributed by atoms with Crippen LogP contribution in [0.5, 0.6) is 0 Å². The first-order valence-electron chi connectivity index (χ1n) is 4.68. The first-order valence-corrected chi connectivity index (χ1v) is 5.81. The van der Waals surface area contributed by atoms with Crippen molar-refractivity contribution in [2.75, 3.05) is 0 Å². The second-order valence-electron chi connectivity index (χ2n) is 3.34. The summed E-state index contributed by atoms with van der Waals surface area (Å²) in [5.74, 6) is 0. The molecule has 0 fully saturated rings. The van der Waals surface area contributed by atoms with Gasteiger partial charge in [0.15, 0.2) is 6.29 Å². The molecule has 0 saturated heterocycles. The van der Waals surface area contributed by atoms with Crippen LogP contribution in [0.25, 0.3) is 11.3 Å². The second kappa shape index (κ2) is 5.05. The fraction of sp³-hybridized carbons (Fsp3) is 0. The Balaban J connectivity index is 2.56. The molecule has 0 aliphatic rings. The predicted octanol–water partition coefficient (Wildman–Crippen LogP) is 4.52. The molecule has 0 aliphatic heterocycles. The Morgan fingerprint density at radius 2 is 1.82 bits per heavy atom. The molecule has 17 heavy (non-hydrogen) atoms. The number of hydrogen-bond acceptors (Lipinski definition) is 2. The molecule has 0 radical (unpaired) electrons. The third-order valence-corrected chi connectivity index (χ3v) is 3.02. The number of pyridine rings is 1. The van der Waals surface area contributed by atoms with E-state index in [1.165, 1.54) is 6.20 Å². The van der Waals surface area contributed by atoms with E-state index < -0.39 is 0 Å². The van der Waals surface area contributed by atoms with E-state index in [0.29, 0.717) is 38.2 Å². The van der Waals surface area contributed by atoms with Crippen LogP contribution in [0.2, 0.25) is 15.1 Å². The Kier molecular flexibility index (Phi) is 3.67. The number of rotatable bonds is 2. The highest BCUT2D eigenvalue weighted by atomic mass is 35.5. The van der Waals surface area contributed by atoms with Crippen molar-refractivity contribution in [2.45, 2.75) is 0 Å². The quantitative estimate of drug-likeness (QED) is 0.760. The van der Waals surface area contributed by atoms with Crippen LogP contribution in [0.3, 0.4) is 0 Å². The molecule has 0 saturated carbocycles. The van der Waals surface area contributed by atoms with Crippen LogP contribution < -0.4 is 0 Å². The van der Waals surface area contributed by atoms with Gasteiger partial charge in [-0.3, -0.25) is 9.78 Å². The van der Waals surface area contributed by atoms with E-state index in [-0.39, 0.29) is 0 Å². The van der Waals surface area contributed by atoms with Gasteiger partial charge in [0.25, 0.3) is 0 Å². The first kappa shape index (κ1) is 12.4. The lowest BCUT2D eigenvalue weighted by molar-refractivity contribution is 0.112. The summed E-state index contributed by atoms with van der Waals surface area (Å²) in [6, 6.07) is 6.60. The van der Waals surface area contributed by atoms with E-state index in [4.69, 9.17) is 34.8 Å². The van der Waals surface area contributed by atoms with E-state index in [1.807, 2.05) is 0 Å². The normalized spacial score (nSPS) is 10.3. The van der Waals surface area contributed by atoms with E-state index in [1.54, 1.807) is 24.3 Å². The smallest absolute Gasteiger partial charge is 0.151 e. The molecule has 2 nitrogen and oxygen atoms in total. The third-order valence-electron chi connectivity index (χ3n) is 2.18. The van der Waals surface area contributed by atoms with Gasteiger partial charge in [0.05, 0.1) is 15.7 Å². The number of hydrogen-bond donors (Lipinski definition) is 0. The van der Waals surface area contributed by atoms with Crippen molar-refractivity contribution in [1.29, 1.82) is 0 Å². The minimum atomic E-state index is 0.374. The van der Waals surface area contributed by atoms with Crippen LogP contribution >= 0.6 is 34.8 Å². The average molecular weight is 287 g/mol. The van der Waals surface area contributed by atoms with Crippen LogP contribution in [0.15, 0.2) is 30.5 Å². The summed E-state index contributed by atoms with van der Waals surface area (Å²) in [5.41, 5.74) is 1.63. The number of carbonyl (C=O) groups excluding carboxylic acids is 1. The molecule has 2 rings (SSSR count). The molecule has 0 bridgehead atoms. The molecule has 1 aromatic heterocycles. The minimum Gasteiger partial charge on any atom is -0.298 e. The van der Waals surface area contributed by atoms with E-state index in [9.17, 15) is 4.79 Å². The van der Waals surface area contributed by atoms with Crippen LogP contribution in [0, 0.1) is 0 Å². The Morgan fingerprint density at radius 1 is 1.06 bits per heavy atom. The predicted molar refractivity (Wildman–Crippen MR) is 70.1 cm³/mol. The summed E-state index contributed by atoms with van der Waals surface area (Å²) < 4.78 is 0. The van der Waals surface area contributed by atoms with Crippen LogP contribution in [0.4, 0.5) is 0 Å². The van der Waals surface area contributed by atoms with Crippen molar-refractivity contribution in [3.8, 4) is 11.3 Å². The largest absolute Gasteiger partial charge is 0.298 e. The fourth-order valence-electron chi connectivity index (χ4n) is 1.40. The van der Waals surface area contributed by atoms with E-state index in [0.717, 1.165) is 0 Å². The summed E-state index contributed by atoms with van der Waals surface area (Å²) >= 11 is 17.9. The second-order valence-corrected chi connectivity index (χ2v) is 4.59. The van der Waals surface area contributed by atoms with Gasteiger partial charge in [-0.15, -0.1) is 0 Å². The molecule has 86 valence electrons. The van der Waals surface area contributed by atoms with Gasteiger partial charge >= 0.3 is 0 Å². The topological polar surface area (TPSA) is 30.0 Å². The molecular weight excluding hydrogens is 280 g/mol. The summed E-state index contributed by atoms with van der Waals surface area (Å²) in [4.78, 5) is 14.7. The number of aromatic nitrogens is 1. The van der Waals surface area contributed by atoms with Crippen molar-refractivity contribution in [3.63, 3.8) is 0 Å². The van der Waals surface area contributed by atoms with Crippen molar-refractivity contribution in [1.82, 2.24) is 4.98 Å². The Hall–Kier alpha value is -1.09. The molecule has 0 amide bonds. The molecule has 1 aromatic carbocycles. The molecule has 0 atom stereocenters. The molecule has 0 aliphatic carbocycles. The molecule has 0 unspecified atom stereocenters.